The van der Waals surface area contributed by atoms with Crippen molar-refractivity contribution < 1.29 is 22.7 Å². The van der Waals surface area contributed by atoms with E-state index >= 15 is 0 Å². The molecule has 0 spiro atoms. The smallest absolute Gasteiger partial charge is 0.387 e. The molecule has 0 saturated carbocycles. The van der Waals surface area contributed by atoms with Crippen LogP contribution in [-0.4, -0.2) is 32.6 Å². The van der Waals surface area contributed by atoms with Crippen molar-refractivity contribution in [3.05, 3.63) is 53.1 Å². The number of benzene rings is 1. The van der Waals surface area contributed by atoms with Gasteiger partial charge in [-0.15, -0.1) is 9.73 Å². The van der Waals surface area contributed by atoms with Gasteiger partial charge in [0, 0.05) is 11.8 Å². The first-order valence-electron chi connectivity index (χ1n) is 7.14. The number of nitrogens with zero attached hydrogens (tertiary/aromatic N) is 4. The molecule has 1 aromatic carbocycles. The van der Waals surface area contributed by atoms with E-state index in [-0.39, 0.29) is 12.1 Å². The van der Waals surface area contributed by atoms with Crippen molar-refractivity contribution in [3.63, 3.8) is 0 Å². The lowest BCUT2D eigenvalue weighted by molar-refractivity contribution is -0.0521. The molecule has 0 aliphatic heterocycles. The molecule has 3 aromatic rings. The predicted octanol–water partition coefficient (Wildman–Crippen LogP) is 2.10. The number of rotatable bonds is 5. The standard InChI is InChI=1S/C15H12F3N5O2/c1-8-4-5-20-23-13(8)11(21-22-23)7-19-14(24)9-2-3-12(10(16)6-9)25-15(17)18/h2-6,15H,7H2,1H3,(H,19,24). The first kappa shape index (κ1) is 16.7. The molecule has 2 heterocycles. The third kappa shape index (κ3) is 3.52. The van der Waals surface area contributed by atoms with Gasteiger partial charge in [-0.05, 0) is 42.0 Å². The highest BCUT2D eigenvalue weighted by Crippen LogP contribution is 2.20. The average Bonchev–Trinajstić information content (AvgIpc) is 2.98. The number of fused-ring (bicyclic) bond motifs is 1. The fourth-order valence-corrected chi connectivity index (χ4v) is 2.28. The van der Waals surface area contributed by atoms with Gasteiger partial charge in [0.2, 0.25) is 0 Å². The molecule has 10 heteroatoms. The Morgan fingerprint density at radius 3 is 2.88 bits per heavy atom. The molecule has 0 aliphatic rings. The first-order valence-corrected chi connectivity index (χ1v) is 7.14. The van der Waals surface area contributed by atoms with E-state index in [9.17, 15) is 18.0 Å². The molecule has 1 N–H and O–H groups in total. The Morgan fingerprint density at radius 2 is 2.16 bits per heavy atom. The summed E-state index contributed by atoms with van der Waals surface area (Å²) in [5.41, 5.74) is 2.00. The van der Waals surface area contributed by atoms with E-state index in [2.05, 4.69) is 25.5 Å². The largest absolute Gasteiger partial charge is 0.432 e. The number of nitrogens with one attached hydrogen (secondary N) is 1. The molecule has 0 unspecified atom stereocenters. The Bertz CT molecular complexity index is 929. The third-order valence-electron chi connectivity index (χ3n) is 3.42. The molecule has 3 rings (SSSR count). The van der Waals surface area contributed by atoms with Crippen LogP contribution < -0.4 is 10.1 Å². The fourth-order valence-electron chi connectivity index (χ4n) is 2.28. The van der Waals surface area contributed by atoms with Crippen LogP contribution in [0.4, 0.5) is 13.2 Å². The van der Waals surface area contributed by atoms with Gasteiger partial charge in [-0.2, -0.15) is 13.9 Å². The first-order chi connectivity index (χ1) is 12.0. The predicted molar refractivity (Wildman–Crippen MR) is 79.7 cm³/mol. The van der Waals surface area contributed by atoms with E-state index in [1.165, 1.54) is 10.7 Å². The van der Waals surface area contributed by atoms with E-state index in [1.54, 1.807) is 12.3 Å². The molecular formula is C15H12F3N5O2. The van der Waals surface area contributed by atoms with Crippen LogP contribution >= 0.6 is 0 Å². The molecule has 0 saturated heterocycles. The SMILES string of the molecule is Cc1ccnn2nnc(CNC(=O)c3ccc(OC(F)F)c(F)c3)c12. The fraction of sp³-hybridized carbons (Fsp3) is 0.200. The van der Waals surface area contributed by atoms with Crippen LogP contribution in [0.1, 0.15) is 21.6 Å². The summed E-state index contributed by atoms with van der Waals surface area (Å²) in [4.78, 5) is 12.1. The zero-order chi connectivity index (χ0) is 18.0. The molecule has 7 nitrogen and oxygen atoms in total. The van der Waals surface area contributed by atoms with Crippen LogP contribution in [0.2, 0.25) is 0 Å². The van der Waals surface area contributed by atoms with E-state index < -0.39 is 24.1 Å². The highest BCUT2D eigenvalue weighted by Gasteiger charge is 2.15. The van der Waals surface area contributed by atoms with Gasteiger partial charge in [-0.25, -0.2) is 4.39 Å². The van der Waals surface area contributed by atoms with Crippen LogP contribution in [0, 0.1) is 12.7 Å². The highest BCUT2D eigenvalue weighted by atomic mass is 19.3. The third-order valence-corrected chi connectivity index (χ3v) is 3.42. The van der Waals surface area contributed by atoms with Gasteiger partial charge in [0.25, 0.3) is 5.91 Å². The number of carbonyl (C=O) groups excluding carboxylic acids is 1. The van der Waals surface area contributed by atoms with Crippen molar-refractivity contribution in [2.45, 2.75) is 20.1 Å². The molecule has 0 fully saturated rings. The van der Waals surface area contributed by atoms with Crippen molar-refractivity contribution in [1.82, 2.24) is 25.4 Å². The van der Waals surface area contributed by atoms with Crippen molar-refractivity contribution in [2.75, 3.05) is 0 Å². The van der Waals surface area contributed by atoms with Gasteiger partial charge >= 0.3 is 6.61 Å². The quantitative estimate of drug-likeness (QED) is 0.761. The maximum atomic E-state index is 13.7. The summed E-state index contributed by atoms with van der Waals surface area (Å²) in [5.74, 6) is -2.27. The zero-order valence-corrected chi connectivity index (χ0v) is 12.9. The van der Waals surface area contributed by atoms with Crippen LogP contribution in [0.5, 0.6) is 5.75 Å². The van der Waals surface area contributed by atoms with Crippen molar-refractivity contribution >= 4 is 11.4 Å². The number of hydrogen-bond acceptors (Lipinski definition) is 5. The number of ether oxygens (including phenoxy) is 1. The van der Waals surface area contributed by atoms with E-state index in [4.69, 9.17) is 0 Å². The number of carbonyl (C=O) groups is 1. The van der Waals surface area contributed by atoms with Crippen LogP contribution in [0.3, 0.4) is 0 Å². The summed E-state index contributed by atoms with van der Waals surface area (Å²) >= 11 is 0. The van der Waals surface area contributed by atoms with Gasteiger partial charge < -0.3 is 10.1 Å². The number of hydrogen-bond donors (Lipinski definition) is 1. The monoisotopic (exact) mass is 351 g/mol. The maximum absolute atomic E-state index is 13.7. The zero-order valence-electron chi connectivity index (χ0n) is 12.9. The lowest BCUT2D eigenvalue weighted by Gasteiger charge is -2.08. The van der Waals surface area contributed by atoms with Crippen LogP contribution in [0.25, 0.3) is 5.52 Å². The Morgan fingerprint density at radius 1 is 1.36 bits per heavy atom. The molecule has 25 heavy (non-hydrogen) atoms. The lowest BCUT2D eigenvalue weighted by Crippen LogP contribution is -2.23. The Balaban J connectivity index is 1.73. The molecule has 130 valence electrons. The van der Waals surface area contributed by atoms with E-state index in [0.29, 0.717) is 11.2 Å². The second-order valence-corrected chi connectivity index (χ2v) is 5.09. The Hall–Kier alpha value is -3.17. The van der Waals surface area contributed by atoms with E-state index in [1.807, 2.05) is 6.92 Å². The second kappa shape index (κ2) is 6.75. The highest BCUT2D eigenvalue weighted by molar-refractivity contribution is 5.94. The minimum absolute atomic E-state index is 0.0366. The molecule has 0 atom stereocenters. The lowest BCUT2D eigenvalue weighted by atomic mass is 10.2. The maximum Gasteiger partial charge on any atom is 0.387 e. The summed E-state index contributed by atoms with van der Waals surface area (Å²) in [5, 5.41) is 14.4. The summed E-state index contributed by atoms with van der Waals surface area (Å²) in [7, 11) is 0. The van der Waals surface area contributed by atoms with Crippen molar-refractivity contribution in [1.29, 1.82) is 0 Å². The van der Waals surface area contributed by atoms with Gasteiger partial charge in [-0.3, -0.25) is 4.79 Å². The topological polar surface area (TPSA) is 81.4 Å². The second-order valence-electron chi connectivity index (χ2n) is 5.09. The van der Waals surface area contributed by atoms with Gasteiger partial charge in [-0.1, -0.05) is 0 Å². The number of alkyl halides is 2. The molecule has 2 aromatic heterocycles. The number of aromatic nitrogens is 4. The summed E-state index contributed by atoms with van der Waals surface area (Å²) in [6, 6.07) is 4.76. The molecule has 0 aliphatic carbocycles. The minimum atomic E-state index is -3.15. The molecule has 0 radical (unpaired) electrons. The van der Waals surface area contributed by atoms with Crippen molar-refractivity contribution in [2.24, 2.45) is 0 Å². The number of aryl methyl sites for hydroxylation is 1. The van der Waals surface area contributed by atoms with Crippen LogP contribution in [-0.2, 0) is 6.54 Å². The number of amides is 1. The molecule has 0 bridgehead atoms. The van der Waals surface area contributed by atoms with Gasteiger partial charge in [0.1, 0.15) is 11.2 Å². The average molecular weight is 351 g/mol. The van der Waals surface area contributed by atoms with Crippen molar-refractivity contribution in [3.8, 4) is 5.75 Å². The normalized spacial score (nSPS) is 11.1. The Kier molecular flexibility index (Phi) is 4.50. The summed E-state index contributed by atoms with van der Waals surface area (Å²) < 4.78 is 43.2. The number of halogens is 3. The Labute approximate surface area is 139 Å². The molecular weight excluding hydrogens is 339 g/mol. The van der Waals surface area contributed by atoms with Gasteiger partial charge in [0.05, 0.1) is 6.54 Å². The van der Waals surface area contributed by atoms with E-state index in [0.717, 1.165) is 17.7 Å². The van der Waals surface area contributed by atoms with Crippen LogP contribution in [0.15, 0.2) is 30.5 Å². The minimum Gasteiger partial charge on any atom is -0.432 e. The summed E-state index contributed by atoms with van der Waals surface area (Å²) in [6.07, 6.45) is 1.57. The summed E-state index contributed by atoms with van der Waals surface area (Å²) in [6.45, 7) is -1.25. The molecule has 1 amide bonds. The van der Waals surface area contributed by atoms with Gasteiger partial charge in [0.15, 0.2) is 11.6 Å².